The first-order chi connectivity index (χ1) is 14.9. The van der Waals surface area contributed by atoms with Crippen molar-refractivity contribution >= 4 is 32.9 Å². The summed E-state index contributed by atoms with van der Waals surface area (Å²) < 4.78 is 14.7. The third-order valence-electron chi connectivity index (χ3n) is 6.21. The molecule has 4 rings (SSSR count). The van der Waals surface area contributed by atoms with Gasteiger partial charge in [-0.25, -0.2) is 4.98 Å². The van der Waals surface area contributed by atoms with Crippen LogP contribution in [-0.4, -0.2) is 40.1 Å². The standard InChI is InChI=1S/C24H28BrN3O3/c1-5-27-14-26-21-11-19(25)12-22(24(21)27)31-16(3)18-10-23(29)28(13-18)15(2)17-6-8-20(30-4)9-7-17/h6-9,11-12,14-16,18H,5,10,13H2,1-4H3/t15-,16-,18-/m1/s1. The van der Waals surface area contributed by atoms with Crippen LogP contribution in [0.2, 0.25) is 0 Å². The number of hydrogen-bond acceptors (Lipinski definition) is 4. The fraction of sp³-hybridized carbons (Fsp3) is 0.417. The molecule has 0 saturated carbocycles. The highest BCUT2D eigenvalue weighted by molar-refractivity contribution is 9.10. The molecule has 0 unspecified atom stereocenters. The third kappa shape index (κ3) is 4.28. The number of nitrogens with zero attached hydrogens (tertiary/aromatic N) is 3. The smallest absolute Gasteiger partial charge is 0.223 e. The molecule has 1 aromatic heterocycles. The van der Waals surface area contributed by atoms with Crippen molar-refractivity contribution in [3.05, 3.63) is 52.8 Å². The molecule has 2 heterocycles. The van der Waals surface area contributed by atoms with Gasteiger partial charge in [-0.3, -0.25) is 4.79 Å². The van der Waals surface area contributed by atoms with Gasteiger partial charge in [0.25, 0.3) is 0 Å². The van der Waals surface area contributed by atoms with Gasteiger partial charge in [0.2, 0.25) is 5.91 Å². The highest BCUT2D eigenvalue weighted by atomic mass is 79.9. The van der Waals surface area contributed by atoms with Crippen molar-refractivity contribution < 1.29 is 14.3 Å². The number of hydrogen-bond donors (Lipinski definition) is 0. The first kappa shape index (κ1) is 21.7. The minimum atomic E-state index is -0.102. The number of ether oxygens (including phenoxy) is 2. The van der Waals surface area contributed by atoms with Crippen LogP contribution in [0.25, 0.3) is 11.0 Å². The zero-order valence-electron chi connectivity index (χ0n) is 18.3. The van der Waals surface area contributed by atoms with E-state index in [9.17, 15) is 4.79 Å². The number of methoxy groups -OCH3 is 1. The average Bonchev–Trinajstić information content (AvgIpc) is 3.36. The van der Waals surface area contributed by atoms with Gasteiger partial charge in [-0.1, -0.05) is 28.1 Å². The van der Waals surface area contributed by atoms with Crippen LogP contribution in [-0.2, 0) is 11.3 Å². The Hall–Kier alpha value is -2.54. The van der Waals surface area contributed by atoms with E-state index < -0.39 is 0 Å². The van der Waals surface area contributed by atoms with Crippen LogP contribution in [0.1, 0.15) is 38.8 Å². The Morgan fingerprint density at radius 1 is 1.23 bits per heavy atom. The quantitative estimate of drug-likeness (QED) is 0.461. The lowest BCUT2D eigenvalue weighted by Crippen LogP contribution is -2.31. The largest absolute Gasteiger partial charge is 0.497 e. The van der Waals surface area contributed by atoms with E-state index in [0.717, 1.165) is 39.1 Å². The van der Waals surface area contributed by atoms with Crippen LogP contribution < -0.4 is 9.47 Å². The molecular weight excluding hydrogens is 458 g/mol. The minimum Gasteiger partial charge on any atom is -0.497 e. The number of fused-ring (bicyclic) bond motifs is 1. The lowest BCUT2D eigenvalue weighted by Gasteiger charge is -2.27. The van der Waals surface area contributed by atoms with Crippen molar-refractivity contribution in [1.29, 1.82) is 0 Å². The molecular formula is C24H28BrN3O3. The van der Waals surface area contributed by atoms with Crippen LogP contribution >= 0.6 is 15.9 Å². The van der Waals surface area contributed by atoms with Gasteiger partial charge in [-0.05, 0) is 50.6 Å². The second-order valence-electron chi connectivity index (χ2n) is 8.08. The van der Waals surface area contributed by atoms with Crippen molar-refractivity contribution in [2.45, 2.75) is 45.9 Å². The van der Waals surface area contributed by atoms with E-state index in [1.54, 1.807) is 7.11 Å². The molecule has 2 aromatic carbocycles. The minimum absolute atomic E-state index is 0.00899. The number of carbonyl (C=O) groups is 1. The summed E-state index contributed by atoms with van der Waals surface area (Å²) in [6.45, 7) is 7.71. The molecule has 1 amide bonds. The Morgan fingerprint density at radius 3 is 2.65 bits per heavy atom. The number of imidazole rings is 1. The normalized spacial score (nSPS) is 18.4. The predicted octanol–water partition coefficient (Wildman–Crippen LogP) is 5.20. The van der Waals surface area contributed by atoms with Crippen LogP contribution in [0.3, 0.4) is 0 Å². The lowest BCUT2D eigenvalue weighted by molar-refractivity contribution is -0.129. The summed E-state index contributed by atoms with van der Waals surface area (Å²) in [6.07, 6.45) is 2.23. The highest BCUT2D eigenvalue weighted by Gasteiger charge is 2.37. The van der Waals surface area contributed by atoms with Gasteiger partial charge < -0.3 is 18.9 Å². The van der Waals surface area contributed by atoms with Crippen LogP contribution in [0.5, 0.6) is 11.5 Å². The van der Waals surface area contributed by atoms with Crippen LogP contribution in [0, 0.1) is 5.92 Å². The first-order valence-electron chi connectivity index (χ1n) is 10.7. The number of amides is 1. The Morgan fingerprint density at radius 2 is 1.97 bits per heavy atom. The van der Waals surface area contributed by atoms with Gasteiger partial charge in [0.1, 0.15) is 23.1 Å². The van der Waals surface area contributed by atoms with Crippen molar-refractivity contribution in [3.63, 3.8) is 0 Å². The number of rotatable bonds is 7. The van der Waals surface area contributed by atoms with E-state index in [1.165, 1.54) is 0 Å². The van der Waals surface area contributed by atoms with E-state index in [0.29, 0.717) is 13.0 Å². The molecule has 1 saturated heterocycles. The molecule has 0 radical (unpaired) electrons. The number of likely N-dealkylation sites (tertiary alicyclic amines) is 1. The second-order valence-corrected chi connectivity index (χ2v) is 9.00. The number of benzene rings is 2. The molecule has 0 aliphatic carbocycles. The van der Waals surface area contributed by atoms with Gasteiger partial charge >= 0.3 is 0 Å². The zero-order chi connectivity index (χ0) is 22.1. The monoisotopic (exact) mass is 485 g/mol. The molecule has 31 heavy (non-hydrogen) atoms. The van der Waals surface area contributed by atoms with E-state index in [2.05, 4.69) is 46.3 Å². The average molecular weight is 486 g/mol. The van der Waals surface area contributed by atoms with Gasteiger partial charge in [0.05, 0.1) is 25.0 Å². The Balaban J connectivity index is 1.50. The summed E-state index contributed by atoms with van der Waals surface area (Å²) in [6, 6.07) is 11.9. The zero-order valence-corrected chi connectivity index (χ0v) is 19.9. The van der Waals surface area contributed by atoms with Gasteiger partial charge in [0, 0.05) is 29.9 Å². The van der Waals surface area contributed by atoms with Crippen LogP contribution in [0.15, 0.2) is 47.2 Å². The maximum absolute atomic E-state index is 12.8. The van der Waals surface area contributed by atoms with Crippen LogP contribution in [0.4, 0.5) is 0 Å². The first-order valence-corrected chi connectivity index (χ1v) is 11.4. The molecule has 1 fully saturated rings. The molecule has 3 aromatic rings. The van der Waals surface area contributed by atoms with Crippen molar-refractivity contribution in [1.82, 2.24) is 14.5 Å². The summed E-state index contributed by atoms with van der Waals surface area (Å²) >= 11 is 3.56. The third-order valence-corrected chi connectivity index (χ3v) is 6.67. The fourth-order valence-corrected chi connectivity index (χ4v) is 4.70. The van der Waals surface area contributed by atoms with E-state index in [4.69, 9.17) is 9.47 Å². The summed E-state index contributed by atoms with van der Waals surface area (Å²) in [5, 5.41) is 0. The summed E-state index contributed by atoms with van der Waals surface area (Å²) in [5.74, 6) is 1.91. The molecule has 1 aliphatic rings. The topological polar surface area (TPSA) is 56.6 Å². The SMILES string of the molecule is CCn1cnc2cc(Br)cc(O[C@H](C)[C@@H]3CC(=O)N([C@H](C)c4ccc(OC)cc4)C3)c21. The van der Waals surface area contributed by atoms with E-state index in [1.807, 2.05) is 47.6 Å². The molecule has 0 N–H and O–H groups in total. The van der Waals surface area contributed by atoms with E-state index in [-0.39, 0.29) is 24.0 Å². The maximum Gasteiger partial charge on any atom is 0.223 e. The Labute approximate surface area is 191 Å². The summed E-state index contributed by atoms with van der Waals surface area (Å²) in [7, 11) is 1.65. The summed E-state index contributed by atoms with van der Waals surface area (Å²) in [5.41, 5.74) is 2.99. The van der Waals surface area contributed by atoms with Gasteiger partial charge in [-0.15, -0.1) is 0 Å². The van der Waals surface area contributed by atoms with Gasteiger partial charge in [-0.2, -0.15) is 0 Å². The highest BCUT2D eigenvalue weighted by Crippen LogP contribution is 2.35. The van der Waals surface area contributed by atoms with Crippen molar-refractivity contribution in [3.8, 4) is 11.5 Å². The van der Waals surface area contributed by atoms with Crippen molar-refractivity contribution in [2.24, 2.45) is 5.92 Å². The number of aromatic nitrogens is 2. The molecule has 0 spiro atoms. The molecule has 3 atom stereocenters. The maximum atomic E-state index is 12.8. The van der Waals surface area contributed by atoms with Crippen molar-refractivity contribution in [2.75, 3.05) is 13.7 Å². The lowest BCUT2D eigenvalue weighted by atomic mass is 10.0. The predicted molar refractivity (Wildman–Crippen MR) is 124 cm³/mol. The Kier molecular flexibility index (Phi) is 6.23. The number of aryl methyl sites for hydroxylation is 1. The van der Waals surface area contributed by atoms with E-state index >= 15 is 0 Å². The number of halogens is 1. The molecule has 1 aliphatic heterocycles. The Bertz CT molecular complexity index is 1080. The van der Waals surface area contributed by atoms with Gasteiger partial charge in [0.15, 0.2) is 0 Å². The summed E-state index contributed by atoms with van der Waals surface area (Å²) in [4.78, 5) is 19.3. The second kappa shape index (κ2) is 8.91. The molecule has 6 nitrogen and oxygen atoms in total. The molecule has 164 valence electrons. The number of carbonyl (C=O) groups excluding carboxylic acids is 1. The molecule has 7 heteroatoms. The molecule has 0 bridgehead atoms. The fourth-order valence-electron chi connectivity index (χ4n) is 4.27.